The molecule has 0 fully saturated rings. The molecule has 0 unspecified atom stereocenters. The van der Waals surface area contributed by atoms with E-state index in [1.165, 1.54) is 33.3 Å². The smallest absolute Gasteiger partial charge is 0.275 e. The first-order chi connectivity index (χ1) is 10.7. The molecule has 0 aliphatic rings. The minimum absolute atomic E-state index is 0.142. The van der Waals surface area contributed by atoms with E-state index in [-0.39, 0.29) is 5.56 Å². The fraction of sp³-hybridized carbons (Fsp3) is 0.417. The van der Waals surface area contributed by atoms with Crippen LogP contribution in [-0.2, 0) is 5.75 Å². The second kappa shape index (κ2) is 6.71. The minimum atomic E-state index is -0.142. The molecule has 7 nitrogen and oxygen atoms in total. The van der Waals surface area contributed by atoms with E-state index in [2.05, 4.69) is 32.5 Å². The Morgan fingerprint density at radius 1 is 1.36 bits per heavy atom. The Morgan fingerprint density at radius 3 is 3.05 bits per heavy atom. The monoisotopic (exact) mass is 354 g/mol. The van der Waals surface area contributed by atoms with Crippen molar-refractivity contribution in [2.24, 2.45) is 0 Å². The van der Waals surface area contributed by atoms with Crippen LogP contribution in [0.5, 0.6) is 0 Å². The Labute approximate surface area is 138 Å². The molecule has 0 aliphatic heterocycles. The van der Waals surface area contributed by atoms with Gasteiger partial charge >= 0.3 is 0 Å². The summed E-state index contributed by atoms with van der Waals surface area (Å²) in [6.07, 6.45) is 1.05. The third-order valence-corrected chi connectivity index (χ3v) is 5.78. The Morgan fingerprint density at radius 2 is 2.23 bits per heavy atom. The van der Waals surface area contributed by atoms with Gasteiger partial charge in [0.2, 0.25) is 10.1 Å². The molecule has 3 aromatic heterocycles. The molecular formula is C12H14N6OS3. The predicted molar refractivity (Wildman–Crippen MR) is 90.1 cm³/mol. The lowest BCUT2D eigenvalue weighted by Gasteiger charge is -1.95. The number of thioether (sulfide) groups is 1. The zero-order chi connectivity index (χ0) is 15.5. The Hall–Kier alpha value is -1.52. The molecule has 3 aromatic rings. The number of nitrogens with zero attached hydrogens (tertiary/aromatic N) is 5. The number of hydrogen-bond donors (Lipinski definition) is 1. The van der Waals surface area contributed by atoms with Gasteiger partial charge in [-0.3, -0.25) is 4.79 Å². The lowest BCUT2D eigenvalue weighted by Crippen LogP contribution is -2.14. The van der Waals surface area contributed by atoms with Crippen LogP contribution in [0.4, 0.5) is 5.13 Å². The van der Waals surface area contributed by atoms with Crippen molar-refractivity contribution in [3.8, 4) is 0 Å². The molecule has 3 heterocycles. The standard InChI is InChI=1S/C12H14N6OS3/c1-3-4-13-10-15-16-12(22-10)20-6-8-17-18-9(19)5-7(2)14-11(18)21-8/h5H,3-4,6H2,1-2H3,(H,13,15). The highest BCUT2D eigenvalue weighted by Gasteiger charge is 2.10. The van der Waals surface area contributed by atoms with Gasteiger partial charge in [0.05, 0.1) is 5.75 Å². The highest BCUT2D eigenvalue weighted by molar-refractivity contribution is 8.00. The van der Waals surface area contributed by atoms with Crippen molar-refractivity contribution in [2.75, 3.05) is 11.9 Å². The molecule has 0 saturated heterocycles. The summed E-state index contributed by atoms with van der Waals surface area (Å²) in [4.78, 5) is 16.8. The topological polar surface area (TPSA) is 85.1 Å². The second-order valence-corrected chi connectivity index (χ2v) is 7.76. The Bertz CT molecular complexity index is 839. The van der Waals surface area contributed by atoms with Crippen LogP contribution in [0.25, 0.3) is 4.96 Å². The minimum Gasteiger partial charge on any atom is -0.360 e. The van der Waals surface area contributed by atoms with Gasteiger partial charge in [0.25, 0.3) is 5.56 Å². The number of rotatable bonds is 6. The van der Waals surface area contributed by atoms with Crippen LogP contribution >= 0.6 is 34.4 Å². The quantitative estimate of drug-likeness (QED) is 0.680. The molecule has 0 aromatic carbocycles. The number of aromatic nitrogens is 5. The second-order valence-electron chi connectivity index (χ2n) is 4.51. The van der Waals surface area contributed by atoms with Gasteiger partial charge in [-0.1, -0.05) is 41.4 Å². The van der Waals surface area contributed by atoms with E-state index in [1.807, 2.05) is 6.92 Å². The maximum Gasteiger partial charge on any atom is 0.275 e. The van der Waals surface area contributed by atoms with E-state index in [9.17, 15) is 4.79 Å². The Balaban J connectivity index is 1.70. The third-order valence-electron chi connectivity index (χ3n) is 2.67. The molecule has 116 valence electrons. The lowest BCUT2D eigenvalue weighted by molar-refractivity contribution is 0.870. The van der Waals surface area contributed by atoms with Crippen molar-refractivity contribution in [3.63, 3.8) is 0 Å². The molecule has 0 bridgehead atoms. The van der Waals surface area contributed by atoms with Gasteiger partial charge < -0.3 is 5.32 Å². The molecule has 10 heteroatoms. The van der Waals surface area contributed by atoms with Crippen LogP contribution in [0.15, 0.2) is 15.2 Å². The van der Waals surface area contributed by atoms with Gasteiger partial charge in [-0.25, -0.2) is 4.98 Å². The summed E-state index contributed by atoms with van der Waals surface area (Å²) < 4.78 is 2.23. The average Bonchev–Trinajstić information content (AvgIpc) is 3.09. The summed E-state index contributed by atoms with van der Waals surface area (Å²) in [5, 5.41) is 17.4. The largest absolute Gasteiger partial charge is 0.360 e. The van der Waals surface area contributed by atoms with Crippen LogP contribution in [0.3, 0.4) is 0 Å². The van der Waals surface area contributed by atoms with E-state index in [1.54, 1.807) is 11.8 Å². The summed E-state index contributed by atoms with van der Waals surface area (Å²) in [7, 11) is 0. The highest BCUT2D eigenvalue weighted by Crippen LogP contribution is 2.29. The van der Waals surface area contributed by atoms with Crippen molar-refractivity contribution in [3.05, 3.63) is 27.1 Å². The first kappa shape index (κ1) is 15.4. The molecule has 3 rings (SSSR count). The summed E-state index contributed by atoms with van der Waals surface area (Å²) in [6.45, 7) is 4.81. The molecule has 0 spiro atoms. The van der Waals surface area contributed by atoms with Crippen LogP contribution in [0, 0.1) is 6.92 Å². The summed E-state index contributed by atoms with van der Waals surface area (Å²) in [6, 6.07) is 1.49. The molecule has 0 radical (unpaired) electrons. The van der Waals surface area contributed by atoms with E-state index in [4.69, 9.17) is 0 Å². The van der Waals surface area contributed by atoms with E-state index < -0.39 is 0 Å². The van der Waals surface area contributed by atoms with E-state index in [0.29, 0.717) is 16.4 Å². The van der Waals surface area contributed by atoms with Crippen molar-refractivity contribution in [2.45, 2.75) is 30.4 Å². The van der Waals surface area contributed by atoms with Crippen LogP contribution in [0.1, 0.15) is 24.0 Å². The fourth-order valence-electron chi connectivity index (χ4n) is 1.71. The predicted octanol–water partition coefficient (Wildman–Crippen LogP) is 2.43. The van der Waals surface area contributed by atoms with Gasteiger partial charge in [0.1, 0.15) is 5.01 Å². The molecule has 0 saturated carbocycles. The number of anilines is 1. The van der Waals surface area contributed by atoms with E-state index >= 15 is 0 Å². The van der Waals surface area contributed by atoms with E-state index in [0.717, 1.165) is 27.4 Å². The maximum absolute atomic E-state index is 11.8. The summed E-state index contributed by atoms with van der Waals surface area (Å²) in [5.74, 6) is 0.648. The Kier molecular flexibility index (Phi) is 4.69. The molecule has 0 atom stereocenters. The van der Waals surface area contributed by atoms with Crippen molar-refractivity contribution >= 4 is 44.5 Å². The molecular weight excluding hydrogens is 340 g/mol. The van der Waals surface area contributed by atoms with Crippen LogP contribution < -0.4 is 10.9 Å². The first-order valence-corrected chi connectivity index (χ1v) is 9.34. The average molecular weight is 354 g/mol. The van der Waals surface area contributed by atoms with Gasteiger partial charge in [-0.2, -0.15) is 9.61 Å². The van der Waals surface area contributed by atoms with Gasteiger partial charge in [-0.05, 0) is 13.3 Å². The van der Waals surface area contributed by atoms with Crippen LogP contribution in [-0.4, -0.2) is 31.3 Å². The van der Waals surface area contributed by atoms with Gasteiger partial charge in [0, 0.05) is 18.3 Å². The van der Waals surface area contributed by atoms with Gasteiger partial charge in [0.15, 0.2) is 4.34 Å². The van der Waals surface area contributed by atoms with Crippen LogP contribution in [0.2, 0.25) is 0 Å². The lowest BCUT2D eigenvalue weighted by atomic mass is 10.5. The normalized spacial score (nSPS) is 11.2. The molecule has 0 aliphatic carbocycles. The first-order valence-electron chi connectivity index (χ1n) is 6.72. The number of fused-ring (bicyclic) bond motifs is 1. The summed E-state index contributed by atoms with van der Waals surface area (Å²) in [5.41, 5.74) is 0.570. The summed E-state index contributed by atoms with van der Waals surface area (Å²) >= 11 is 4.52. The number of hydrogen-bond acceptors (Lipinski definition) is 9. The van der Waals surface area contributed by atoms with Crippen molar-refractivity contribution < 1.29 is 0 Å². The highest BCUT2D eigenvalue weighted by atomic mass is 32.2. The van der Waals surface area contributed by atoms with Crippen molar-refractivity contribution in [1.82, 2.24) is 24.8 Å². The fourth-order valence-corrected chi connectivity index (χ4v) is 4.42. The number of aryl methyl sites for hydroxylation is 1. The maximum atomic E-state index is 11.8. The molecule has 0 amide bonds. The molecule has 22 heavy (non-hydrogen) atoms. The zero-order valence-electron chi connectivity index (χ0n) is 12.1. The zero-order valence-corrected chi connectivity index (χ0v) is 14.5. The van der Waals surface area contributed by atoms with Gasteiger partial charge in [-0.15, -0.1) is 10.2 Å². The van der Waals surface area contributed by atoms with Crippen molar-refractivity contribution in [1.29, 1.82) is 0 Å². The number of nitrogens with one attached hydrogen (secondary N) is 1. The third kappa shape index (κ3) is 3.45. The SMILES string of the molecule is CCCNc1nnc(SCc2nn3c(=O)cc(C)nc3s2)s1. The molecule has 1 N–H and O–H groups in total.